The Kier molecular flexibility index (Phi) is 7.12. The van der Waals surface area contributed by atoms with E-state index in [9.17, 15) is 29.3 Å². The van der Waals surface area contributed by atoms with Crippen molar-refractivity contribution in [3.05, 3.63) is 41.2 Å². The SMILES string of the molecule is CC1/C=C(/F)C(=O)C(O)C(O)C/C=C/c2cc(N3CCCC3)cc(O)c2C(=O)OC1C. The maximum atomic E-state index is 14.2. The summed E-state index contributed by atoms with van der Waals surface area (Å²) in [5.74, 6) is -4.13. The van der Waals surface area contributed by atoms with Crippen LogP contribution in [0, 0.1) is 5.92 Å². The number of benzene rings is 1. The molecular weight excluding hydrogens is 405 g/mol. The van der Waals surface area contributed by atoms with Crippen LogP contribution in [0.5, 0.6) is 5.75 Å². The van der Waals surface area contributed by atoms with Crippen molar-refractivity contribution in [2.24, 2.45) is 5.92 Å². The number of ether oxygens (including phenoxy) is 1. The molecule has 2 aliphatic heterocycles. The molecule has 1 saturated heterocycles. The topological polar surface area (TPSA) is 107 Å². The molecule has 2 aliphatic rings. The number of anilines is 1. The van der Waals surface area contributed by atoms with Gasteiger partial charge in [0, 0.05) is 30.8 Å². The lowest BCUT2D eigenvalue weighted by Gasteiger charge is -2.22. The molecular formula is C23H28FNO6. The molecule has 4 atom stereocenters. The highest BCUT2D eigenvalue weighted by atomic mass is 19.1. The van der Waals surface area contributed by atoms with E-state index in [0.717, 1.165) is 37.7 Å². The summed E-state index contributed by atoms with van der Waals surface area (Å²) >= 11 is 0. The fraction of sp³-hybridized carbons (Fsp3) is 0.478. The van der Waals surface area contributed by atoms with E-state index in [0.29, 0.717) is 5.56 Å². The molecule has 0 saturated carbocycles. The number of esters is 1. The average molecular weight is 433 g/mol. The number of ketones is 1. The van der Waals surface area contributed by atoms with Crippen LogP contribution >= 0.6 is 0 Å². The third-order valence-corrected chi connectivity index (χ3v) is 5.79. The molecule has 168 valence electrons. The van der Waals surface area contributed by atoms with Crippen molar-refractivity contribution in [1.82, 2.24) is 0 Å². The van der Waals surface area contributed by atoms with Gasteiger partial charge in [-0.1, -0.05) is 19.1 Å². The van der Waals surface area contributed by atoms with Gasteiger partial charge in [-0.3, -0.25) is 4.79 Å². The number of carbonyl (C=O) groups excluding carboxylic acids is 2. The number of phenolic OH excluding ortho intramolecular Hbond substituents is 1. The van der Waals surface area contributed by atoms with Crippen LogP contribution in [0.25, 0.3) is 6.08 Å². The fourth-order valence-corrected chi connectivity index (χ4v) is 3.71. The summed E-state index contributed by atoms with van der Waals surface area (Å²) < 4.78 is 19.7. The second kappa shape index (κ2) is 9.62. The van der Waals surface area contributed by atoms with Gasteiger partial charge in [-0.25, -0.2) is 9.18 Å². The van der Waals surface area contributed by atoms with Crippen LogP contribution in [0.4, 0.5) is 10.1 Å². The summed E-state index contributed by atoms with van der Waals surface area (Å²) in [7, 11) is 0. The molecule has 0 aromatic heterocycles. The zero-order valence-electron chi connectivity index (χ0n) is 17.6. The number of aliphatic hydroxyl groups excluding tert-OH is 2. The van der Waals surface area contributed by atoms with Gasteiger partial charge in [0.05, 0.1) is 6.10 Å². The first-order valence-corrected chi connectivity index (χ1v) is 10.5. The molecule has 31 heavy (non-hydrogen) atoms. The molecule has 0 spiro atoms. The molecule has 1 aromatic rings. The van der Waals surface area contributed by atoms with Crippen molar-refractivity contribution in [1.29, 1.82) is 0 Å². The van der Waals surface area contributed by atoms with Gasteiger partial charge in [-0.15, -0.1) is 0 Å². The third-order valence-electron chi connectivity index (χ3n) is 5.79. The van der Waals surface area contributed by atoms with Crippen molar-refractivity contribution in [3.63, 3.8) is 0 Å². The standard InChI is InChI=1S/C23H28FNO6/c1-13-10-17(24)21(28)22(29)18(26)7-5-6-15-11-16(25-8-3-4-9-25)12-19(27)20(15)23(30)31-14(13)2/h5-6,10-14,18,22,26-27,29H,3-4,7-9H2,1-2H3/b6-5+,17-10+. The number of aromatic hydroxyl groups is 1. The van der Waals surface area contributed by atoms with Crippen LogP contribution in [0.3, 0.4) is 0 Å². The Morgan fingerprint density at radius 2 is 1.81 bits per heavy atom. The number of rotatable bonds is 1. The number of hydrogen-bond acceptors (Lipinski definition) is 7. The predicted octanol–water partition coefficient (Wildman–Crippen LogP) is 2.74. The van der Waals surface area contributed by atoms with Crippen LogP contribution < -0.4 is 4.90 Å². The minimum Gasteiger partial charge on any atom is -0.507 e. The van der Waals surface area contributed by atoms with E-state index < -0.39 is 41.8 Å². The van der Waals surface area contributed by atoms with Crippen LogP contribution in [0.15, 0.2) is 30.1 Å². The average Bonchev–Trinajstić information content (AvgIpc) is 3.26. The van der Waals surface area contributed by atoms with Gasteiger partial charge in [0.1, 0.15) is 23.5 Å². The van der Waals surface area contributed by atoms with E-state index in [1.165, 1.54) is 18.2 Å². The van der Waals surface area contributed by atoms with Gasteiger partial charge in [0.15, 0.2) is 5.83 Å². The number of carbonyl (C=O) groups is 2. The minimum absolute atomic E-state index is 0.0362. The highest BCUT2D eigenvalue weighted by Gasteiger charge is 2.29. The van der Waals surface area contributed by atoms with Crippen molar-refractivity contribution >= 4 is 23.5 Å². The summed E-state index contributed by atoms with van der Waals surface area (Å²) in [6, 6.07) is 3.28. The molecule has 3 N–H and O–H groups in total. The number of hydrogen-bond donors (Lipinski definition) is 3. The summed E-state index contributed by atoms with van der Waals surface area (Å²) in [5.41, 5.74) is 1.11. The molecule has 1 aromatic carbocycles. The van der Waals surface area contributed by atoms with Crippen molar-refractivity contribution in [2.75, 3.05) is 18.0 Å². The molecule has 7 nitrogen and oxygen atoms in total. The zero-order valence-corrected chi connectivity index (χ0v) is 17.6. The second-order valence-corrected chi connectivity index (χ2v) is 8.12. The number of cyclic esters (lactones) is 1. The Bertz CT molecular complexity index is 906. The van der Waals surface area contributed by atoms with Crippen LogP contribution in [0.1, 0.15) is 49.0 Å². The molecule has 2 heterocycles. The third kappa shape index (κ3) is 5.14. The summed E-state index contributed by atoms with van der Waals surface area (Å²) in [6.45, 7) is 4.77. The smallest absolute Gasteiger partial charge is 0.342 e. The first-order valence-electron chi connectivity index (χ1n) is 10.5. The van der Waals surface area contributed by atoms with E-state index in [2.05, 4.69) is 4.90 Å². The van der Waals surface area contributed by atoms with Gasteiger partial charge < -0.3 is 25.0 Å². The second-order valence-electron chi connectivity index (χ2n) is 8.12. The minimum atomic E-state index is -1.92. The van der Waals surface area contributed by atoms with Gasteiger partial charge in [-0.2, -0.15) is 0 Å². The monoisotopic (exact) mass is 433 g/mol. The molecule has 1 fully saturated rings. The Balaban J connectivity index is 2.04. The lowest BCUT2D eigenvalue weighted by Crippen LogP contribution is -2.34. The van der Waals surface area contributed by atoms with Crippen LogP contribution in [-0.2, 0) is 9.53 Å². The quantitative estimate of drug-likeness (QED) is 0.585. The lowest BCUT2D eigenvalue weighted by atomic mass is 9.98. The highest BCUT2D eigenvalue weighted by molar-refractivity contribution is 5.98. The van der Waals surface area contributed by atoms with Gasteiger partial charge in [0.2, 0.25) is 5.78 Å². The predicted molar refractivity (Wildman–Crippen MR) is 113 cm³/mol. The van der Waals surface area contributed by atoms with Crippen molar-refractivity contribution in [2.45, 2.75) is 51.4 Å². The lowest BCUT2D eigenvalue weighted by molar-refractivity contribution is -0.130. The molecule has 0 bridgehead atoms. The van der Waals surface area contributed by atoms with E-state index in [1.807, 2.05) is 0 Å². The molecule has 3 rings (SSSR count). The first-order chi connectivity index (χ1) is 14.7. The van der Waals surface area contributed by atoms with Crippen molar-refractivity contribution < 1.29 is 34.0 Å². The normalized spacial score (nSPS) is 30.7. The zero-order chi connectivity index (χ0) is 22.7. The fourth-order valence-electron chi connectivity index (χ4n) is 3.71. The van der Waals surface area contributed by atoms with Crippen LogP contribution in [-0.4, -0.2) is 58.5 Å². The Labute approximate surface area is 180 Å². The van der Waals surface area contributed by atoms with Gasteiger partial charge in [0.25, 0.3) is 0 Å². The summed E-state index contributed by atoms with van der Waals surface area (Å²) in [5, 5.41) is 30.7. The number of aliphatic hydroxyl groups is 2. The van der Waals surface area contributed by atoms with Gasteiger partial charge in [-0.05, 0) is 43.9 Å². The van der Waals surface area contributed by atoms with E-state index >= 15 is 0 Å². The Morgan fingerprint density at radius 1 is 1.13 bits per heavy atom. The molecule has 0 aliphatic carbocycles. The molecule has 4 unspecified atom stereocenters. The summed E-state index contributed by atoms with van der Waals surface area (Å²) in [4.78, 5) is 27.0. The largest absolute Gasteiger partial charge is 0.507 e. The molecule has 0 radical (unpaired) electrons. The van der Waals surface area contributed by atoms with E-state index in [-0.39, 0.29) is 17.7 Å². The number of phenols is 1. The molecule has 8 heteroatoms. The number of nitrogens with zero attached hydrogens (tertiary/aromatic N) is 1. The van der Waals surface area contributed by atoms with Gasteiger partial charge >= 0.3 is 5.97 Å². The Morgan fingerprint density at radius 3 is 2.48 bits per heavy atom. The van der Waals surface area contributed by atoms with E-state index in [1.54, 1.807) is 19.9 Å². The first kappa shape index (κ1) is 23.0. The maximum absolute atomic E-state index is 14.2. The Hall–Kier alpha value is -2.71. The highest BCUT2D eigenvalue weighted by Crippen LogP contribution is 2.33. The van der Waals surface area contributed by atoms with E-state index in [4.69, 9.17) is 4.74 Å². The van der Waals surface area contributed by atoms with Crippen molar-refractivity contribution in [3.8, 4) is 5.75 Å². The molecule has 0 amide bonds. The number of Topliss-reactive ketones (excluding diaryl/α,β-unsaturated/α-hetero) is 1. The summed E-state index contributed by atoms with van der Waals surface area (Å²) in [6.07, 6.45) is 1.58. The number of halogens is 1. The maximum Gasteiger partial charge on any atom is 0.342 e. The number of fused-ring (bicyclic) bond motifs is 1. The van der Waals surface area contributed by atoms with Crippen LogP contribution in [0.2, 0.25) is 0 Å².